The van der Waals surface area contributed by atoms with Crippen molar-refractivity contribution in [1.29, 1.82) is 0 Å². The first-order valence-electron chi connectivity index (χ1n) is 6.45. The summed E-state index contributed by atoms with van der Waals surface area (Å²) in [5.74, 6) is -1.48. The lowest BCUT2D eigenvalue weighted by atomic mass is 10.2. The maximum atomic E-state index is 11.9. The molecule has 0 aliphatic heterocycles. The average molecular weight is 284 g/mol. The molecular formula is C16H16N2O3. The molecule has 0 atom stereocenters. The van der Waals surface area contributed by atoms with Gasteiger partial charge in [0.05, 0.1) is 5.69 Å². The topological polar surface area (TPSA) is 82.2 Å². The molecule has 5 heteroatoms. The number of amides is 1. The van der Waals surface area contributed by atoms with E-state index < -0.39 is 5.97 Å². The Morgan fingerprint density at radius 2 is 1.86 bits per heavy atom. The Morgan fingerprint density at radius 1 is 1.19 bits per heavy atom. The van der Waals surface area contributed by atoms with E-state index in [1.807, 2.05) is 30.3 Å². The van der Waals surface area contributed by atoms with Crippen LogP contribution in [0.15, 0.2) is 36.4 Å². The van der Waals surface area contributed by atoms with Crippen LogP contribution in [0.1, 0.15) is 27.3 Å². The predicted molar refractivity (Wildman–Crippen MR) is 81.3 cm³/mol. The molecule has 0 radical (unpaired) electrons. The van der Waals surface area contributed by atoms with Crippen molar-refractivity contribution in [1.82, 2.24) is 4.98 Å². The van der Waals surface area contributed by atoms with Crippen molar-refractivity contribution in [3.63, 3.8) is 0 Å². The number of nitrogens with one attached hydrogen (secondary N) is 2. The molecule has 108 valence electrons. The Balaban J connectivity index is 2.17. The zero-order valence-electron chi connectivity index (χ0n) is 11.8. The number of aromatic nitrogens is 1. The number of rotatable bonds is 4. The van der Waals surface area contributed by atoms with E-state index in [9.17, 15) is 9.59 Å². The third-order valence-electron chi connectivity index (χ3n) is 3.19. The van der Waals surface area contributed by atoms with Crippen molar-refractivity contribution < 1.29 is 14.7 Å². The van der Waals surface area contributed by atoms with Crippen LogP contribution in [0.25, 0.3) is 6.08 Å². The van der Waals surface area contributed by atoms with Crippen molar-refractivity contribution in [3.8, 4) is 0 Å². The highest BCUT2D eigenvalue weighted by molar-refractivity contribution is 6.06. The quantitative estimate of drug-likeness (QED) is 0.755. The zero-order chi connectivity index (χ0) is 15.4. The van der Waals surface area contributed by atoms with Gasteiger partial charge in [0.15, 0.2) is 0 Å². The second-order valence-electron chi connectivity index (χ2n) is 4.66. The van der Waals surface area contributed by atoms with Crippen LogP contribution in [0.3, 0.4) is 0 Å². The number of carboxylic acids is 1. The Kier molecular flexibility index (Phi) is 4.23. The van der Waals surface area contributed by atoms with Gasteiger partial charge in [0.2, 0.25) is 5.91 Å². The number of carbonyl (C=O) groups excluding carboxylic acids is 1. The number of anilines is 1. The van der Waals surface area contributed by atoms with Gasteiger partial charge in [0.25, 0.3) is 0 Å². The first kappa shape index (κ1) is 14.6. The number of aromatic carboxylic acids is 1. The lowest BCUT2D eigenvalue weighted by Gasteiger charge is -2.03. The normalized spacial score (nSPS) is 10.8. The molecule has 0 unspecified atom stereocenters. The van der Waals surface area contributed by atoms with E-state index in [1.54, 1.807) is 19.9 Å². The van der Waals surface area contributed by atoms with Crippen LogP contribution in [0.5, 0.6) is 0 Å². The van der Waals surface area contributed by atoms with Crippen LogP contribution < -0.4 is 5.32 Å². The van der Waals surface area contributed by atoms with E-state index in [0.29, 0.717) is 11.3 Å². The van der Waals surface area contributed by atoms with Gasteiger partial charge in [-0.15, -0.1) is 0 Å². The molecule has 21 heavy (non-hydrogen) atoms. The Morgan fingerprint density at radius 3 is 2.48 bits per heavy atom. The molecule has 0 bridgehead atoms. The number of benzene rings is 1. The molecule has 2 aromatic rings. The standard InChI is InChI=1S/C16H16N2O3/c1-10-11(2)17-15(16(20)21)14(10)18-13(19)9-8-12-6-4-3-5-7-12/h3-9,17H,1-2H3,(H,18,19)(H,20,21)/b9-8+. The fourth-order valence-electron chi connectivity index (χ4n) is 1.94. The van der Waals surface area contributed by atoms with Crippen molar-refractivity contribution in [3.05, 3.63) is 58.9 Å². The van der Waals surface area contributed by atoms with Crippen LogP contribution >= 0.6 is 0 Å². The van der Waals surface area contributed by atoms with E-state index in [2.05, 4.69) is 10.3 Å². The van der Waals surface area contributed by atoms with Gasteiger partial charge in [-0.05, 0) is 31.1 Å². The van der Waals surface area contributed by atoms with Gasteiger partial charge in [0, 0.05) is 11.8 Å². The van der Waals surface area contributed by atoms with Crippen LogP contribution in [0.4, 0.5) is 5.69 Å². The maximum Gasteiger partial charge on any atom is 0.354 e. The molecule has 5 nitrogen and oxygen atoms in total. The number of aryl methyl sites for hydroxylation is 1. The summed E-state index contributed by atoms with van der Waals surface area (Å²) < 4.78 is 0. The molecule has 1 aromatic heterocycles. The highest BCUT2D eigenvalue weighted by Crippen LogP contribution is 2.23. The molecule has 3 N–H and O–H groups in total. The zero-order valence-corrected chi connectivity index (χ0v) is 11.8. The van der Waals surface area contributed by atoms with Crippen molar-refractivity contribution in [2.24, 2.45) is 0 Å². The third kappa shape index (κ3) is 3.39. The van der Waals surface area contributed by atoms with E-state index in [0.717, 1.165) is 11.3 Å². The van der Waals surface area contributed by atoms with Crippen LogP contribution in [0.2, 0.25) is 0 Å². The SMILES string of the molecule is Cc1[nH]c(C(=O)O)c(NC(=O)/C=C/c2ccccc2)c1C. The first-order valence-corrected chi connectivity index (χ1v) is 6.45. The summed E-state index contributed by atoms with van der Waals surface area (Å²) in [5.41, 5.74) is 2.63. The molecule has 0 aliphatic rings. The summed E-state index contributed by atoms with van der Waals surface area (Å²) in [7, 11) is 0. The van der Waals surface area contributed by atoms with Gasteiger partial charge in [-0.1, -0.05) is 30.3 Å². The fraction of sp³-hybridized carbons (Fsp3) is 0.125. The molecule has 1 amide bonds. The maximum absolute atomic E-state index is 11.9. The Hall–Kier alpha value is -2.82. The summed E-state index contributed by atoms with van der Waals surface area (Å²) in [6, 6.07) is 9.39. The molecule has 0 aliphatic carbocycles. The van der Waals surface area contributed by atoms with Crippen molar-refractivity contribution in [2.75, 3.05) is 5.32 Å². The summed E-state index contributed by atoms with van der Waals surface area (Å²) >= 11 is 0. The van der Waals surface area contributed by atoms with Gasteiger partial charge < -0.3 is 15.4 Å². The Bertz CT molecular complexity index is 700. The van der Waals surface area contributed by atoms with Crippen LogP contribution in [-0.4, -0.2) is 22.0 Å². The van der Waals surface area contributed by atoms with Gasteiger partial charge >= 0.3 is 5.97 Å². The lowest BCUT2D eigenvalue weighted by molar-refractivity contribution is -0.111. The Labute approximate surface area is 122 Å². The largest absolute Gasteiger partial charge is 0.477 e. The number of carboxylic acid groups (broad SMARTS) is 1. The van der Waals surface area contributed by atoms with Gasteiger partial charge in [-0.3, -0.25) is 4.79 Å². The summed E-state index contributed by atoms with van der Waals surface area (Å²) in [6.45, 7) is 3.52. The van der Waals surface area contributed by atoms with E-state index in [-0.39, 0.29) is 11.6 Å². The predicted octanol–water partition coefficient (Wildman–Crippen LogP) is 2.98. The monoisotopic (exact) mass is 284 g/mol. The van der Waals surface area contributed by atoms with Gasteiger partial charge in [-0.2, -0.15) is 0 Å². The summed E-state index contributed by atoms with van der Waals surface area (Å²) in [6.07, 6.45) is 3.05. The second-order valence-corrected chi connectivity index (χ2v) is 4.66. The van der Waals surface area contributed by atoms with E-state index in [1.165, 1.54) is 6.08 Å². The van der Waals surface area contributed by atoms with Gasteiger partial charge in [0.1, 0.15) is 5.69 Å². The number of carbonyl (C=O) groups is 2. The number of hydrogen-bond acceptors (Lipinski definition) is 2. The van der Waals surface area contributed by atoms with E-state index >= 15 is 0 Å². The minimum atomic E-state index is -1.10. The average Bonchev–Trinajstić information content (AvgIpc) is 2.75. The van der Waals surface area contributed by atoms with Crippen LogP contribution in [0, 0.1) is 13.8 Å². The molecule has 1 aromatic carbocycles. The molecular weight excluding hydrogens is 268 g/mol. The minimum absolute atomic E-state index is 0.00791. The lowest BCUT2D eigenvalue weighted by Crippen LogP contribution is -2.11. The fourth-order valence-corrected chi connectivity index (χ4v) is 1.94. The van der Waals surface area contributed by atoms with Crippen molar-refractivity contribution in [2.45, 2.75) is 13.8 Å². The van der Waals surface area contributed by atoms with Crippen molar-refractivity contribution >= 4 is 23.6 Å². The molecule has 2 rings (SSSR count). The summed E-state index contributed by atoms with van der Waals surface area (Å²) in [4.78, 5) is 25.8. The van der Waals surface area contributed by atoms with Crippen LogP contribution in [-0.2, 0) is 4.79 Å². The minimum Gasteiger partial charge on any atom is -0.477 e. The molecule has 0 fully saturated rings. The molecule has 0 spiro atoms. The number of aromatic amines is 1. The smallest absolute Gasteiger partial charge is 0.354 e. The second kappa shape index (κ2) is 6.09. The molecule has 0 saturated carbocycles. The molecule has 1 heterocycles. The highest BCUT2D eigenvalue weighted by atomic mass is 16.4. The number of hydrogen-bond donors (Lipinski definition) is 3. The highest BCUT2D eigenvalue weighted by Gasteiger charge is 2.18. The van der Waals surface area contributed by atoms with Gasteiger partial charge in [-0.25, -0.2) is 4.79 Å². The summed E-state index contributed by atoms with van der Waals surface area (Å²) in [5, 5.41) is 11.7. The number of H-pyrrole nitrogens is 1. The first-order chi connectivity index (χ1) is 9.99. The molecule has 0 saturated heterocycles. The third-order valence-corrected chi connectivity index (χ3v) is 3.19. The van der Waals surface area contributed by atoms with E-state index in [4.69, 9.17) is 5.11 Å².